The highest BCUT2D eigenvalue weighted by Gasteiger charge is 2.26. The summed E-state index contributed by atoms with van der Waals surface area (Å²) in [5, 5.41) is 4.41. The highest BCUT2D eigenvalue weighted by atomic mass is 16.5. The van der Waals surface area contributed by atoms with Crippen molar-refractivity contribution in [2.75, 3.05) is 13.2 Å². The molecule has 1 saturated heterocycles. The van der Waals surface area contributed by atoms with Crippen molar-refractivity contribution in [3.05, 3.63) is 71.9 Å². The Labute approximate surface area is 147 Å². The maximum Gasteiger partial charge on any atom is 0.186 e. The number of benzene rings is 2. The van der Waals surface area contributed by atoms with Gasteiger partial charge in [-0.3, -0.25) is 4.79 Å². The van der Waals surface area contributed by atoms with Gasteiger partial charge < -0.3 is 15.0 Å². The Balaban J connectivity index is 1.63. The second-order valence-corrected chi connectivity index (χ2v) is 6.50. The average molecular weight is 334 g/mol. The number of ketones is 1. The van der Waals surface area contributed by atoms with E-state index < -0.39 is 0 Å². The average Bonchev–Trinajstić information content (AvgIpc) is 3.32. The smallest absolute Gasteiger partial charge is 0.186 e. The summed E-state index contributed by atoms with van der Waals surface area (Å²) in [5.41, 5.74) is 2.69. The SMILES string of the molecule is O=C(c1c[nH]c2ccccc12)C(NCC1CCCO1)c1ccccc1. The fourth-order valence-corrected chi connectivity index (χ4v) is 3.49. The van der Waals surface area contributed by atoms with E-state index in [0.717, 1.165) is 41.5 Å². The van der Waals surface area contributed by atoms with Gasteiger partial charge in [0.25, 0.3) is 0 Å². The molecule has 4 heteroatoms. The molecule has 0 amide bonds. The molecule has 1 aliphatic heterocycles. The molecule has 4 nitrogen and oxygen atoms in total. The van der Waals surface area contributed by atoms with Crippen LogP contribution in [0.25, 0.3) is 10.9 Å². The van der Waals surface area contributed by atoms with E-state index in [4.69, 9.17) is 4.74 Å². The minimum absolute atomic E-state index is 0.0849. The number of Topliss-reactive ketones (excluding diaryl/α,β-unsaturated/α-hetero) is 1. The number of aromatic amines is 1. The van der Waals surface area contributed by atoms with E-state index in [2.05, 4.69) is 10.3 Å². The van der Waals surface area contributed by atoms with Crippen molar-refractivity contribution in [3.8, 4) is 0 Å². The summed E-state index contributed by atoms with van der Waals surface area (Å²) in [6, 6.07) is 17.4. The number of rotatable bonds is 6. The first-order valence-electron chi connectivity index (χ1n) is 8.83. The van der Waals surface area contributed by atoms with Gasteiger partial charge >= 0.3 is 0 Å². The van der Waals surface area contributed by atoms with Crippen molar-refractivity contribution in [2.45, 2.75) is 25.0 Å². The second-order valence-electron chi connectivity index (χ2n) is 6.50. The van der Waals surface area contributed by atoms with Gasteiger partial charge in [0.1, 0.15) is 0 Å². The number of aromatic nitrogens is 1. The summed E-state index contributed by atoms with van der Waals surface area (Å²) < 4.78 is 5.70. The van der Waals surface area contributed by atoms with Crippen LogP contribution in [0.1, 0.15) is 34.8 Å². The molecule has 2 unspecified atom stereocenters. The lowest BCUT2D eigenvalue weighted by atomic mass is 9.96. The van der Waals surface area contributed by atoms with E-state index in [9.17, 15) is 4.79 Å². The van der Waals surface area contributed by atoms with Crippen molar-refractivity contribution in [3.63, 3.8) is 0 Å². The number of ether oxygens (including phenoxy) is 1. The predicted octanol–water partition coefficient (Wildman–Crippen LogP) is 3.86. The molecule has 0 saturated carbocycles. The summed E-state index contributed by atoms with van der Waals surface area (Å²) in [5.74, 6) is 0.0849. The molecule has 2 N–H and O–H groups in total. The third-order valence-corrected chi connectivity index (χ3v) is 4.82. The van der Waals surface area contributed by atoms with E-state index in [1.165, 1.54) is 0 Å². The Morgan fingerprint density at radius 2 is 1.96 bits per heavy atom. The largest absolute Gasteiger partial charge is 0.377 e. The maximum absolute atomic E-state index is 13.3. The summed E-state index contributed by atoms with van der Waals surface area (Å²) in [7, 11) is 0. The van der Waals surface area contributed by atoms with Gasteiger partial charge in [0, 0.05) is 35.8 Å². The topological polar surface area (TPSA) is 54.1 Å². The van der Waals surface area contributed by atoms with Gasteiger partial charge in [0.15, 0.2) is 5.78 Å². The number of fused-ring (bicyclic) bond motifs is 1. The van der Waals surface area contributed by atoms with Gasteiger partial charge in [-0.05, 0) is 24.5 Å². The highest BCUT2D eigenvalue weighted by molar-refractivity contribution is 6.10. The van der Waals surface area contributed by atoms with Crippen LogP contribution in [0.15, 0.2) is 60.8 Å². The zero-order chi connectivity index (χ0) is 17.1. The Morgan fingerprint density at radius 3 is 2.76 bits per heavy atom. The van der Waals surface area contributed by atoms with Crippen molar-refractivity contribution >= 4 is 16.7 Å². The minimum Gasteiger partial charge on any atom is -0.377 e. The number of carbonyl (C=O) groups excluding carboxylic acids is 1. The molecule has 3 aromatic rings. The molecule has 0 aliphatic carbocycles. The first kappa shape index (κ1) is 16.1. The fraction of sp³-hybridized carbons (Fsp3) is 0.286. The van der Waals surface area contributed by atoms with Crippen LogP contribution < -0.4 is 5.32 Å². The first-order chi connectivity index (χ1) is 12.3. The van der Waals surface area contributed by atoms with Gasteiger partial charge in [-0.2, -0.15) is 0 Å². The van der Waals surface area contributed by atoms with Gasteiger partial charge in [-0.15, -0.1) is 0 Å². The number of carbonyl (C=O) groups is 1. The van der Waals surface area contributed by atoms with Crippen LogP contribution in [0.3, 0.4) is 0 Å². The molecular weight excluding hydrogens is 312 g/mol. The molecule has 0 spiro atoms. The van der Waals surface area contributed by atoms with Crippen LogP contribution in [0.4, 0.5) is 0 Å². The molecular formula is C21H22N2O2. The van der Waals surface area contributed by atoms with Crippen LogP contribution in [-0.4, -0.2) is 30.0 Å². The van der Waals surface area contributed by atoms with Gasteiger partial charge in [0.05, 0.1) is 12.1 Å². The molecule has 4 rings (SSSR count). The normalized spacial score (nSPS) is 18.5. The van der Waals surface area contributed by atoms with Crippen LogP contribution in [0.5, 0.6) is 0 Å². The summed E-state index contributed by atoms with van der Waals surface area (Å²) in [6.07, 6.45) is 4.16. The fourth-order valence-electron chi connectivity index (χ4n) is 3.49. The Kier molecular flexibility index (Phi) is 4.63. The van der Waals surface area contributed by atoms with Crippen molar-refractivity contribution in [1.29, 1.82) is 0 Å². The van der Waals surface area contributed by atoms with E-state index in [-0.39, 0.29) is 17.9 Å². The standard InChI is InChI=1S/C21H22N2O2/c24-21(18-14-22-19-11-5-4-10-17(18)19)20(15-7-2-1-3-8-15)23-13-16-9-6-12-25-16/h1-5,7-8,10-11,14,16,20,22-23H,6,9,12-13H2. The predicted molar refractivity (Wildman–Crippen MR) is 98.8 cm³/mol. The van der Waals surface area contributed by atoms with E-state index in [0.29, 0.717) is 6.54 Å². The van der Waals surface area contributed by atoms with Crippen LogP contribution >= 0.6 is 0 Å². The quantitative estimate of drug-likeness (QED) is 0.673. The van der Waals surface area contributed by atoms with Gasteiger partial charge in [-0.25, -0.2) is 0 Å². The lowest BCUT2D eigenvalue weighted by molar-refractivity contribution is 0.0893. The third-order valence-electron chi connectivity index (χ3n) is 4.82. The molecule has 0 radical (unpaired) electrons. The summed E-state index contributed by atoms with van der Waals surface area (Å²) in [6.45, 7) is 1.51. The molecule has 1 fully saturated rings. The highest BCUT2D eigenvalue weighted by Crippen LogP contribution is 2.25. The Morgan fingerprint density at radius 1 is 1.16 bits per heavy atom. The van der Waals surface area contributed by atoms with Gasteiger partial charge in [0.2, 0.25) is 0 Å². The second kappa shape index (κ2) is 7.21. The van der Waals surface area contributed by atoms with Crippen molar-refractivity contribution in [1.82, 2.24) is 10.3 Å². The van der Waals surface area contributed by atoms with E-state index in [1.54, 1.807) is 0 Å². The van der Waals surface area contributed by atoms with Crippen LogP contribution in [0, 0.1) is 0 Å². The van der Waals surface area contributed by atoms with E-state index >= 15 is 0 Å². The number of para-hydroxylation sites is 1. The Hall–Kier alpha value is -2.43. The lowest BCUT2D eigenvalue weighted by Crippen LogP contribution is -2.34. The molecule has 25 heavy (non-hydrogen) atoms. The zero-order valence-electron chi connectivity index (χ0n) is 14.1. The molecule has 2 atom stereocenters. The molecule has 128 valence electrons. The molecule has 0 bridgehead atoms. The maximum atomic E-state index is 13.3. The summed E-state index contributed by atoms with van der Waals surface area (Å²) in [4.78, 5) is 16.5. The van der Waals surface area contributed by atoms with Crippen molar-refractivity contribution in [2.24, 2.45) is 0 Å². The molecule has 2 heterocycles. The van der Waals surface area contributed by atoms with Crippen LogP contribution in [0.2, 0.25) is 0 Å². The molecule has 1 aromatic heterocycles. The lowest BCUT2D eigenvalue weighted by Gasteiger charge is -2.20. The van der Waals surface area contributed by atoms with E-state index in [1.807, 2.05) is 60.8 Å². The minimum atomic E-state index is -0.371. The number of hydrogen-bond donors (Lipinski definition) is 2. The zero-order valence-corrected chi connectivity index (χ0v) is 14.1. The van der Waals surface area contributed by atoms with Crippen LogP contribution in [-0.2, 0) is 4.74 Å². The number of H-pyrrole nitrogens is 1. The monoisotopic (exact) mass is 334 g/mol. The van der Waals surface area contributed by atoms with Gasteiger partial charge in [-0.1, -0.05) is 48.5 Å². The third kappa shape index (κ3) is 3.36. The number of hydrogen-bond acceptors (Lipinski definition) is 3. The van der Waals surface area contributed by atoms with Crippen molar-refractivity contribution < 1.29 is 9.53 Å². The first-order valence-corrected chi connectivity index (χ1v) is 8.83. The summed E-state index contributed by atoms with van der Waals surface area (Å²) >= 11 is 0. The Bertz CT molecular complexity index is 850. The molecule has 2 aromatic carbocycles. The number of nitrogens with one attached hydrogen (secondary N) is 2. The molecule has 1 aliphatic rings.